The summed E-state index contributed by atoms with van der Waals surface area (Å²) < 4.78 is 5.56. The largest absolute Gasteiger partial charge is 0.376 e. The van der Waals surface area contributed by atoms with Gasteiger partial charge in [0.25, 0.3) is 0 Å². The highest BCUT2D eigenvalue weighted by Gasteiger charge is 2.34. The van der Waals surface area contributed by atoms with Gasteiger partial charge in [0.1, 0.15) is 0 Å². The molecule has 0 spiro atoms. The van der Waals surface area contributed by atoms with Gasteiger partial charge < -0.3 is 15.4 Å². The lowest BCUT2D eigenvalue weighted by atomic mass is 10.0. The third-order valence-electron chi connectivity index (χ3n) is 3.46. The fourth-order valence-electron chi connectivity index (χ4n) is 2.08. The van der Waals surface area contributed by atoms with Crippen molar-refractivity contribution in [2.24, 2.45) is 0 Å². The van der Waals surface area contributed by atoms with Crippen molar-refractivity contribution in [3.05, 3.63) is 29.8 Å². The average molecular weight is 280 g/mol. The summed E-state index contributed by atoms with van der Waals surface area (Å²) in [5.41, 5.74) is 1.69. The Morgan fingerprint density at radius 1 is 1.47 bits per heavy atom. The molecule has 1 saturated heterocycles. The van der Waals surface area contributed by atoms with Gasteiger partial charge >= 0.3 is 6.03 Å². The van der Waals surface area contributed by atoms with Crippen LogP contribution >= 0.6 is 11.8 Å². The van der Waals surface area contributed by atoms with Gasteiger partial charge in [0.05, 0.1) is 5.60 Å². The lowest BCUT2D eigenvalue weighted by Gasteiger charge is -2.26. The summed E-state index contributed by atoms with van der Waals surface area (Å²) in [6.45, 7) is 2.52. The van der Waals surface area contributed by atoms with Crippen molar-refractivity contribution in [3.8, 4) is 0 Å². The number of hydrogen-bond donors (Lipinski definition) is 2. The standard InChI is InChI=1S/C14H20N2O2S/c1-11-5-3-4-6-12(11)16-13(17)15-9-14(18-2)7-8-19-10-14/h3-6H,7-10H2,1-2H3,(H2,15,16,17)/t14-/m1/s1. The van der Waals surface area contributed by atoms with Crippen LogP contribution in [0.4, 0.5) is 10.5 Å². The van der Waals surface area contributed by atoms with Crippen LogP contribution in [0.25, 0.3) is 0 Å². The Balaban J connectivity index is 1.86. The smallest absolute Gasteiger partial charge is 0.319 e. The molecule has 2 amide bonds. The number of thioether (sulfide) groups is 1. The molecule has 4 nitrogen and oxygen atoms in total. The SMILES string of the molecule is CO[C@@]1(CNC(=O)Nc2ccccc2C)CCSC1. The summed E-state index contributed by atoms with van der Waals surface area (Å²) in [5, 5.41) is 5.77. The van der Waals surface area contributed by atoms with E-state index in [1.807, 2.05) is 43.0 Å². The van der Waals surface area contributed by atoms with E-state index < -0.39 is 0 Å². The van der Waals surface area contributed by atoms with Crippen LogP contribution < -0.4 is 10.6 Å². The van der Waals surface area contributed by atoms with Crippen LogP contribution in [0.5, 0.6) is 0 Å². The number of anilines is 1. The molecule has 0 aromatic heterocycles. The Morgan fingerprint density at radius 2 is 2.26 bits per heavy atom. The lowest BCUT2D eigenvalue weighted by molar-refractivity contribution is 0.0161. The molecule has 1 heterocycles. The van der Waals surface area contributed by atoms with Crippen LogP contribution in [-0.4, -0.2) is 36.8 Å². The molecule has 1 aromatic carbocycles. The number of urea groups is 1. The van der Waals surface area contributed by atoms with Crippen LogP contribution in [0, 0.1) is 6.92 Å². The lowest BCUT2D eigenvalue weighted by Crippen LogP contribution is -2.45. The van der Waals surface area contributed by atoms with Gasteiger partial charge in [-0.3, -0.25) is 0 Å². The number of carbonyl (C=O) groups excluding carboxylic acids is 1. The molecule has 1 aromatic rings. The molecular formula is C14H20N2O2S. The first-order valence-corrected chi connectivity index (χ1v) is 7.54. The van der Waals surface area contributed by atoms with Gasteiger partial charge in [-0.2, -0.15) is 11.8 Å². The van der Waals surface area contributed by atoms with Crippen LogP contribution in [0.3, 0.4) is 0 Å². The fourth-order valence-corrected chi connectivity index (χ4v) is 3.48. The van der Waals surface area contributed by atoms with Crippen LogP contribution in [0.1, 0.15) is 12.0 Å². The number of benzene rings is 1. The summed E-state index contributed by atoms with van der Waals surface area (Å²) in [7, 11) is 1.72. The van der Waals surface area contributed by atoms with Gasteiger partial charge in [-0.25, -0.2) is 4.79 Å². The van der Waals surface area contributed by atoms with Gasteiger partial charge in [0.15, 0.2) is 0 Å². The number of hydrogen-bond acceptors (Lipinski definition) is 3. The number of aryl methyl sites for hydroxylation is 1. The van der Waals surface area contributed by atoms with E-state index in [4.69, 9.17) is 4.74 Å². The van der Waals surface area contributed by atoms with E-state index in [2.05, 4.69) is 10.6 Å². The average Bonchev–Trinajstić information content (AvgIpc) is 2.89. The maximum absolute atomic E-state index is 11.9. The summed E-state index contributed by atoms with van der Waals surface area (Å²) in [6, 6.07) is 7.55. The van der Waals surface area contributed by atoms with Crippen LogP contribution in [-0.2, 0) is 4.74 Å². The molecule has 0 saturated carbocycles. The number of methoxy groups -OCH3 is 1. The number of ether oxygens (including phenoxy) is 1. The van der Waals surface area contributed by atoms with E-state index in [1.54, 1.807) is 7.11 Å². The van der Waals surface area contributed by atoms with Crippen molar-refractivity contribution in [1.29, 1.82) is 0 Å². The van der Waals surface area contributed by atoms with E-state index >= 15 is 0 Å². The third-order valence-corrected chi connectivity index (χ3v) is 4.69. The molecule has 1 atom stereocenters. The molecule has 5 heteroatoms. The van der Waals surface area contributed by atoms with Gasteiger partial charge in [-0.15, -0.1) is 0 Å². The number of para-hydroxylation sites is 1. The molecular weight excluding hydrogens is 260 g/mol. The first-order chi connectivity index (χ1) is 9.15. The predicted molar refractivity (Wildman–Crippen MR) is 79.9 cm³/mol. The number of rotatable bonds is 4. The molecule has 0 aliphatic carbocycles. The second-order valence-corrected chi connectivity index (χ2v) is 5.92. The zero-order valence-electron chi connectivity index (χ0n) is 11.4. The van der Waals surface area contributed by atoms with Gasteiger partial charge in [-0.05, 0) is 30.7 Å². The molecule has 0 radical (unpaired) electrons. The molecule has 1 aliphatic rings. The minimum atomic E-state index is -0.201. The molecule has 2 N–H and O–H groups in total. The highest BCUT2D eigenvalue weighted by Crippen LogP contribution is 2.30. The van der Waals surface area contributed by atoms with Crippen molar-refractivity contribution in [2.45, 2.75) is 18.9 Å². The maximum Gasteiger partial charge on any atom is 0.319 e. The number of carbonyl (C=O) groups is 1. The zero-order valence-corrected chi connectivity index (χ0v) is 12.2. The number of nitrogens with one attached hydrogen (secondary N) is 2. The second kappa shape index (κ2) is 6.30. The molecule has 1 fully saturated rings. The Morgan fingerprint density at radius 3 is 2.89 bits per heavy atom. The molecule has 0 bridgehead atoms. The number of amides is 2. The van der Waals surface area contributed by atoms with Gasteiger partial charge in [0, 0.05) is 25.1 Å². The summed E-state index contributed by atoms with van der Waals surface area (Å²) >= 11 is 1.87. The van der Waals surface area contributed by atoms with Crippen molar-refractivity contribution in [3.63, 3.8) is 0 Å². The molecule has 2 rings (SSSR count). The summed E-state index contributed by atoms with van der Waals surface area (Å²) in [6.07, 6.45) is 0.985. The van der Waals surface area contributed by atoms with Crippen LogP contribution in [0.15, 0.2) is 24.3 Å². The minimum absolute atomic E-state index is 0.178. The summed E-state index contributed by atoms with van der Waals surface area (Å²) in [4.78, 5) is 11.9. The zero-order chi connectivity index (χ0) is 13.7. The second-order valence-electron chi connectivity index (χ2n) is 4.81. The highest BCUT2D eigenvalue weighted by molar-refractivity contribution is 7.99. The molecule has 104 valence electrons. The van der Waals surface area contributed by atoms with E-state index in [1.165, 1.54) is 0 Å². The van der Waals surface area contributed by atoms with Gasteiger partial charge in [0.2, 0.25) is 0 Å². The van der Waals surface area contributed by atoms with Crippen molar-refractivity contribution < 1.29 is 9.53 Å². The monoisotopic (exact) mass is 280 g/mol. The minimum Gasteiger partial charge on any atom is -0.376 e. The van der Waals surface area contributed by atoms with E-state index in [0.29, 0.717) is 6.54 Å². The predicted octanol–water partition coefficient (Wildman–Crippen LogP) is 2.64. The Kier molecular flexibility index (Phi) is 4.71. The quantitative estimate of drug-likeness (QED) is 0.891. The van der Waals surface area contributed by atoms with Crippen molar-refractivity contribution in [2.75, 3.05) is 30.5 Å². The fraction of sp³-hybridized carbons (Fsp3) is 0.500. The van der Waals surface area contributed by atoms with E-state index in [9.17, 15) is 4.79 Å². The first kappa shape index (κ1) is 14.2. The summed E-state index contributed by atoms with van der Waals surface area (Å²) in [5.74, 6) is 2.03. The normalized spacial score (nSPS) is 22.2. The molecule has 19 heavy (non-hydrogen) atoms. The van der Waals surface area contributed by atoms with E-state index in [-0.39, 0.29) is 11.6 Å². The maximum atomic E-state index is 11.9. The van der Waals surface area contributed by atoms with E-state index in [0.717, 1.165) is 29.2 Å². The van der Waals surface area contributed by atoms with Crippen molar-refractivity contribution in [1.82, 2.24) is 5.32 Å². The Bertz CT molecular complexity index is 445. The highest BCUT2D eigenvalue weighted by atomic mass is 32.2. The molecule has 0 unspecified atom stereocenters. The van der Waals surface area contributed by atoms with Gasteiger partial charge in [-0.1, -0.05) is 18.2 Å². The Hall–Kier alpha value is -1.20. The van der Waals surface area contributed by atoms with Crippen molar-refractivity contribution >= 4 is 23.5 Å². The first-order valence-electron chi connectivity index (χ1n) is 6.39. The van der Waals surface area contributed by atoms with Crippen LogP contribution in [0.2, 0.25) is 0 Å². The molecule has 1 aliphatic heterocycles. The third kappa shape index (κ3) is 3.64. The Labute approximate surface area is 118 Å². The topological polar surface area (TPSA) is 50.4 Å².